The molecule has 3 nitrogen and oxygen atoms in total. The highest BCUT2D eigenvalue weighted by Crippen LogP contribution is 2.21. The third-order valence-corrected chi connectivity index (χ3v) is 4.02. The number of aromatic nitrogens is 1. The van der Waals surface area contributed by atoms with Gasteiger partial charge in [0.05, 0.1) is 5.69 Å². The smallest absolute Gasteiger partial charge is 0.226 e. The van der Waals surface area contributed by atoms with Gasteiger partial charge in [0.2, 0.25) is 5.91 Å². The fourth-order valence-corrected chi connectivity index (χ4v) is 2.55. The Labute approximate surface area is 117 Å². The van der Waals surface area contributed by atoms with Crippen LogP contribution in [0, 0.1) is 20.8 Å². The first-order chi connectivity index (χ1) is 9.04. The van der Waals surface area contributed by atoms with Gasteiger partial charge in [-0.05, 0) is 32.8 Å². The van der Waals surface area contributed by atoms with E-state index in [0.717, 1.165) is 17.0 Å². The summed E-state index contributed by atoms with van der Waals surface area (Å²) in [4.78, 5) is 17.3. The minimum absolute atomic E-state index is 0.0225. The number of rotatable bonds is 4. The van der Waals surface area contributed by atoms with Gasteiger partial charge in [0.1, 0.15) is 0 Å². The molecule has 0 aliphatic rings. The van der Waals surface area contributed by atoms with Gasteiger partial charge >= 0.3 is 0 Å². The zero-order chi connectivity index (χ0) is 13.8. The van der Waals surface area contributed by atoms with E-state index in [2.05, 4.69) is 41.5 Å². The number of nitrogens with one attached hydrogen (secondary N) is 1. The Kier molecular flexibility index (Phi) is 4.32. The molecular weight excluding hydrogens is 256 g/mol. The highest BCUT2D eigenvalue weighted by molar-refractivity contribution is 7.15. The van der Waals surface area contributed by atoms with Crippen molar-refractivity contribution in [3.8, 4) is 0 Å². The molecule has 0 radical (unpaired) electrons. The van der Waals surface area contributed by atoms with Crippen molar-refractivity contribution in [1.29, 1.82) is 0 Å². The summed E-state index contributed by atoms with van der Waals surface area (Å²) < 4.78 is 0. The summed E-state index contributed by atoms with van der Waals surface area (Å²) in [6, 6.07) is 8.28. The maximum atomic E-state index is 11.8. The topological polar surface area (TPSA) is 42.0 Å². The third kappa shape index (κ3) is 3.89. The van der Waals surface area contributed by atoms with Crippen LogP contribution in [-0.2, 0) is 11.2 Å². The lowest BCUT2D eigenvalue weighted by atomic mass is 10.1. The van der Waals surface area contributed by atoms with Crippen LogP contribution in [0.5, 0.6) is 0 Å². The number of aryl methyl sites for hydroxylation is 4. The largest absolute Gasteiger partial charge is 0.302 e. The molecule has 0 unspecified atom stereocenters. The number of nitrogens with zero attached hydrogens (tertiary/aromatic N) is 1. The molecule has 2 rings (SSSR count). The van der Waals surface area contributed by atoms with Crippen LogP contribution < -0.4 is 5.32 Å². The highest BCUT2D eigenvalue weighted by atomic mass is 32.1. The van der Waals surface area contributed by atoms with Crippen LogP contribution in [0.1, 0.15) is 28.1 Å². The minimum atomic E-state index is 0.0225. The Morgan fingerprint density at radius 2 is 1.89 bits per heavy atom. The summed E-state index contributed by atoms with van der Waals surface area (Å²) in [7, 11) is 0. The monoisotopic (exact) mass is 274 g/mol. The minimum Gasteiger partial charge on any atom is -0.302 e. The standard InChI is InChI=1S/C15H18N2OS/c1-10-4-6-13(7-5-10)8-9-14(18)17-15-16-11(2)12(3)19-15/h4-7H,8-9H2,1-3H3,(H,16,17,18). The van der Waals surface area contributed by atoms with Crippen LogP contribution in [0.15, 0.2) is 24.3 Å². The Balaban J connectivity index is 1.86. The molecule has 0 fully saturated rings. The Hall–Kier alpha value is -1.68. The van der Waals surface area contributed by atoms with Gasteiger partial charge in [-0.25, -0.2) is 4.98 Å². The van der Waals surface area contributed by atoms with Gasteiger partial charge in [0.15, 0.2) is 5.13 Å². The fourth-order valence-electron chi connectivity index (χ4n) is 1.72. The number of anilines is 1. The first-order valence-electron chi connectivity index (χ1n) is 6.34. The van der Waals surface area contributed by atoms with Crippen molar-refractivity contribution in [2.45, 2.75) is 33.6 Å². The van der Waals surface area contributed by atoms with Gasteiger partial charge in [-0.1, -0.05) is 29.8 Å². The number of amides is 1. The number of hydrogen-bond donors (Lipinski definition) is 1. The van der Waals surface area contributed by atoms with Gasteiger partial charge < -0.3 is 5.32 Å². The second-order valence-electron chi connectivity index (χ2n) is 4.69. The zero-order valence-electron chi connectivity index (χ0n) is 11.5. The van der Waals surface area contributed by atoms with E-state index in [1.54, 1.807) is 0 Å². The SMILES string of the molecule is Cc1ccc(CCC(=O)Nc2nc(C)c(C)s2)cc1. The van der Waals surface area contributed by atoms with Crippen molar-refractivity contribution in [3.63, 3.8) is 0 Å². The van der Waals surface area contributed by atoms with Crippen LogP contribution in [-0.4, -0.2) is 10.9 Å². The first-order valence-corrected chi connectivity index (χ1v) is 7.15. The van der Waals surface area contributed by atoms with Gasteiger partial charge in [-0.15, -0.1) is 11.3 Å². The normalized spacial score (nSPS) is 10.5. The second kappa shape index (κ2) is 5.97. The molecule has 1 heterocycles. The average molecular weight is 274 g/mol. The van der Waals surface area contributed by atoms with Crippen LogP contribution >= 0.6 is 11.3 Å². The van der Waals surface area contributed by atoms with E-state index >= 15 is 0 Å². The summed E-state index contributed by atoms with van der Waals surface area (Å²) in [5, 5.41) is 3.55. The molecule has 2 aromatic rings. The quantitative estimate of drug-likeness (QED) is 0.925. The molecule has 1 aromatic heterocycles. The van der Waals surface area contributed by atoms with E-state index in [4.69, 9.17) is 0 Å². The molecular formula is C15H18N2OS. The molecule has 100 valence electrons. The van der Waals surface area contributed by atoms with Gasteiger partial charge in [0.25, 0.3) is 0 Å². The van der Waals surface area contributed by atoms with E-state index in [9.17, 15) is 4.79 Å². The first kappa shape index (κ1) is 13.7. The fraction of sp³-hybridized carbons (Fsp3) is 0.333. The van der Waals surface area contributed by atoms with Crippen molar-refractivity contribution in [2.75, 3.05) is 5.32 Å². The van der Waals surface area contributed by atoms with Crippen molar-refractivity contribution < 1.29 is 4.79 Å². The summed E-state index contributed by atoms with van der Waals surface area (Å²) >= 11 is 1.52. The lowest BCUT2D eigenvalue weighted by molar-refractivity contribution is -0.116. The summed E-state index contributed by atoms with van der Waals surface area (Å²) in [5.41, 5.74) is 3.41. The van der Waals surface area contributed by atoms with Crippen molar-refractivity contribution >= 4 is 22.4 Å². The summed E-state index contributed by atoms with van der Waals surface area (Å²) in [6.07, 6.45) is 1.25. The van der Waals surface area contributed by atoms with Gasteiger partial charge in [0, 0.05) is 11.3 Å². The summed E-state index contributed by atoms with van der Waals surface area (Å²) in [5.74, 6) is 0.0225. The Morgan fingerprint density at radius 3 is 2.47 bits per heavy atom. The van der Waals surface area contributed by atoms with E-state index in [-0.39, 0.29) is 5.91 Å². The molecule has 0 spiro atoms. The summed E-state index contributed by atoms with van der Waals surface area (Å²) in [6.45, 7) is 6.02. The van der Waals surface area contributed by atoms with E-state index < -0.39 is 0 Å². The van der Waals surface area contributed by atoms with Gasteiger partial charge in [-0.3, -0.25) is 4.79 Å². The van der Waals surface area contributed by atoms with Crippen LogP contribution in [0.4, 0.5) is 5.13 Å². The molecule has 19 heavy (non-hydrogen) atoms. The lowest BCUT2D eigenvalue weighted by Crippen LogP contribution is -2.12. The second-order valence-corrected chi connectivity index (χ2v) is 5.90. The molecule has 0 saturated heterocycles. The number of carbonyl (C=O) groups is 1. The predicted molar refractivity (Wildman–Crippen MR) is 79.7 cm³/mol. The number of hydrogen-bond acceptors (Lipinski definition) is 3. The molecule has 1 amide bonds. The predicted octanol–water partition coefficient (Wildman–Crippen LogP) is 3.64. The average Bonchev–Trinajstić information content (AvgIpc) is 2.67. The molecule has 1 N–H and O–H groups in total. The van der Waals surface area contributed by atoms with Crippen LogP contribution in [0.2, 0.25) is 0 Å². The Morgan fingerprint density at radius 1 is 1.21 bits per heavy atom. The highest BCUT2D eigenvalue weighted by Gasteiger charge is 2.07. The maximum Gasteiger partial charge on any atom is 0.226 e. The van der Waals surface area contributed by atoms with Crippen molar-refractivity contribution in [1.82, 2.24) is 4.98 Å². The van der Waals surface area contributed by atoms with E-state index in [1.807, 2.05) is 13.8 Å². The van der Waals surface area contributed by atoms with E-state index in [0.29, 0.717) is 11.6 Å². The van der Waals surface area contributed by atoms with Crippen LogP contribution in [0.3, 0.4) is 0 Å². The molecule has 0 saturated carbocycles. The molecule has 0 aliphatic carbocycles. The van der Waals surface area contributed by atoms with Crippen molar-refractivity contribution in [2.24, 2.45) is 0 Å². The Bertz CT molecular complexity index is 553. The maximum absolute atomic E-state index is 11.8. The lowest BCUT2D eigenvalue weighted by Gasteiger charge is -2.02. The molecule has 1 aromatic carbocycles. The van der Waals surface area contributed by atoms with Gasteiger partial charge in [-0.2, -0.15) is 0 Å². The number of carbonyl (C=O) groups excluding carboxylic acids is 1. The molecule has 0 atom stereocenters. The zero-order valence-corrected chi connectivity index (χ0v) is 12.3. The van der Waals surface area contributed by atoms with Crippen LogP contribution in [0.25, 0.3) is 0 Å². The molecule has 4 heteroatoms. The number of benzene rings is 1. The third-order valence-electron chi connectivity index (χ3n) is 3.04. The van der Waals surface area contributed by atoms with E-state index in [1.165, 1.54) is 22.5 Å². The molecule has 0 aliphatic heterocycles. The molecule has 0 bridgehead atoms. The number of thiazole rings is 1. The van der Waals surface area contributed by atoms with Crippen molar-refractivity contribution in [3.05, 3.63) is 46.0 Å².